The van der Waals surface area contributed by atoms with Crippen LogP contribution in [-0.2, 0) is 33.3 Å². The average molecular weight is 774 g/mol. The second-order valence-corrected chi connectivity index (χ2v) is 15.0. The summed E-state index contributed by atoms with van der Waals surface area (Å²) in [6.45, 7) is 5.56. The molecule has 5 aliphatic rings. The van der Waals surface area contributed by atoms with Crippen molar-refractivity contribution in [2.24, 2.45) is 0 Å². The molecule has 5 aliphatic heterocycles. The number of nitrogens with zero attached hydrogens (tertiary/aromatic N) is 9. The molecule has 5 saturated heterocycles. The molecule has 4 unspecified atom stereocenters. The van der Waals surface area contributed by atoms with E-state index >= 15 is 0 Å². The number of likely N-dealkylation sites (N-methyl/N-ethyl adjacent to an activating group) is 2. The van der Waals surface area contributed by atoms with Crippen LogP contribution in [-0.4, -0.2) is 254 Å². The first-order valence-electron chi connectivity index (χ1n) is 18.9. The maximum absolute atomic E-state index is 14.1. The smallest absolute Gasteiger partial charge is 0.480 e. The normalized spacial score (nSPS) is 26.6. The van der Waals surface area contributed by atoms with Gasteiger partial charge in [0.15, 0.2) is 13.1 Å². The van der Waals surface area contributed by atoms with E-state index in [1.54, 1.807) is 4.90 Å². The molecule has 5 fully saturated rings. The third-order valence-corrected chi connectivity index (χ3v) is 10.9. The molecule has 54 heavy (non-hydrogen) atoms. The van der Waals surface area contributed by atoms with Gasteiger partial charge in [0.2, 0.25) is 0 Å². The lowest BCUT2D eigenvalue weighted by Crippen LogP contribution is -2.68. The molecule has 4 atom stereocenters. The second-order valence-electron chi connectivity index (χ2n) is 15.0. The predicted molar refractivity (Wildman–Crippen MR) is 187 cm³/mol. The number of carboxylic acids is 1. The number of hydrogen-bond donors (Lipinski definition) is 3. The third-order valence-electron chi connectivity index (χ3n) is 10.9. The summed E-state index contributed by atoms with van der Waals surface area (Å²) in [5.41, 5.74) is 0. The summed E-state index contributed by atoms with van der Waals surface area (Å²) >= 11 is 0. The second kappa shape index (κ2) is 19.2. The number of carbonyl (C=O) groups excluding carboxylic acids is 2. The highest BCUT2D eigenvalue weighted by atomic mass is 16.5. The first-order valence-corrected chi connectivity index (χ1v) is 18.9. The summed E-state index contributed by atoms with van der Waals surface area (Å²) in [5.74, 6) is -1.98. The molecule has 21 heteroatoms. The Morgan fingerprint density at radius 3 is 1.11 bits per heavy atom. The highest BCUT2D eigenvalue weighted by molar-refractivity contribution is 5.78. The number of hydrazine groups is 4. The Morgan fingerprint density at radius 2 is 0.852 bits per heavy atom. The van der Waals surface area contributed by atoms with Gasteiger partial charge in [0.1, 0.15) is 13.1 Å². The van der Waals surface area contributed by atoms with E-state index < -0.39 is 70.7 Å². The Labute approximate surface area is 315 Å². The number of amides is 4. The minimum Gasteiger partial charge on any atom is -0.480 e. The van der Waals surface area contributed by atoms with Gasteiger partial charge in [-0.05, 0) is 19.3 Å². The number of piperidine rings is 1. The average Bonchev–Trinajstić information content (AvgIpc) is 3.14. The Balaban J connectivity index is 1.34. The van der Waals surface area contributed by atoms with Gasteiger partial charge in [0.05, 0.1) is 85.6 Å². The van der Waals surface area contributed by atoms with Crippen molar-refractivity contribution in [1.82, 2.24) is 35.2 Å². The zero-order valence-electron chi connectivity index (χ0n) is 31.7. The van der Waals surface area contributed by atoms with Gasteiger partial charge < -0.3 is 34.3 Å². The lowest BCUT2D eigenvalue weighted by Gasteiger charge is -2.47. The molecule has 0 bridgehead atoms. The zero-order chi connectivity index (χ0) is 38.9. The molecule has 0 radical (unpaired) electrons. The third kappa shape index (κ3) is 10.6. The Kier molecular flexibility index (Phi) is 14.9. The van der Waals surface area contributed by atoms with E-state index in [1.165, 1.54) is 24.3 Å². The summed E-state index contributed by atoms with van der Waals surface area (Å²) < 4.78 is 20.6. The van der Waals surface area contributed by atoms with Gasteiger partial charge in [-0.15, -0.1) is 0 Å². The van der Waals surface area contributed by atoms with Crippen LogP contribution in [0.3, 0.4) is 0 Å². The number of aliphatic carboxylic acids is 1. The van der Waals surface area contributed by atoms with Crippen molar-refractivity contribution in [3.8, 4) is 0 Å². The Bertz CT molecular complexity index is 1190. The van der Waals surface area contributed by atoms with Gasteiger partial charge >= 0.3 is 30.0 Å². The van der Waals surface area contributed by atoms with Crippen molar-refractivity contribution in [3.63, 3.8) is 0 Å². The molecule has 0 aromatic carbocycles. The van der Waals surface area contributed by atoms with E-state index in [0.29, 0.717) is 124 Å². The van der Waals surface area contributed by atoms with E-state index in [9.17, 15) is 39.3 Å². The molecule has 4 amide bonds. The fraction of sp³-hybridized carbons (Fsp3) is 0.848. The summed E-state index contributed by atoms with van der Waals surface area (Å²) in [4.78, 5) is 68.3. The predicted octanol–water partition coefficient (Wildman–Crippen LogP) is -1.81. The van der Waals surface area contributed by atoms with Crippen molar-refractivity contribution in [2.45, 2.75) is 31.3 Å². The summed E-state index contributed by atoms with van der Waals surface area (Å²) in [6, 6.07) is -1.21. The largest absolute Gasteiger partial charge is 0.513 e. The van der Waals surface area contributed by atoms with Crippen LogP contribution in [0.2, 0.25) is 0 Å². The van der Waals surface area contributed by atoms with Gasteiger partial charge in [-0.1, -0.05) is 0 Å². The molecule has 5 heterocycles. The van der Waals surface area contributed by atoms with Crippen molar-refractivity contribution >= 4 is 30.0 Å². The SMILES string of the molecule is C[N+](CC(=O)N(N1CCOCC1)N1CCOCC1)(CC1CCCC(C[N+](C)(CC(=O)N(N2CCOCC2)N2CCOCC2)C(=O)O)N1CC(=O)O)C(=O)O. The number of hydrogen-bond acceptors (Lipinski definition) is 14. The summed E-state index contributed by atoms with van der Waals surface area (Å²) in [7, 11) is 2.92. The first-order chi connectivity index (χ1) is 25.8. The van der Waals surface area contributed by atoms with Gasteiger partial charge in [0, 0.05) is 52.4 Å². The van der Waals surface area contributed by atoms with Crippen molar-refractivity contribution in [3.05, 3.63) is 0 Å². The van der Waals surface area contributed by atoms with Crippen LogP contribution in [0.1, 0.15) is 19.3 Å². The van der Waals surface area contributed by atoms with E-state index in [2.05, 4.69) is 0 Å². The van der Waals surface area contributed by atoms with Crippen LogP contribution in [0.15, 0.2) is 0 Å². The fourth-order valence-electron chi connectivity index (χ4n) is 8.06. The first kappa shape index (κ1) is 42.1. The molecule has 0 aliphatic carbocycles. The minimum absolute atomic E-state index is 0.0948. The van der Waals surface area contributed by atoms with Crippen LogP contribution < -0.4 is 0 Å². The highest BCUT2D eigenvalue weighted by Crippen LogP contribution is 2.28. The lowest BCUT2D eigenvalue weighted by molar-refractivity contribution is -0.836. The van der Waals surface area contributed by atoms with Gasteiger partial charge in [-0.3, -0.25) is 19.3 Å². The lowest BCUT2D eigenvalue weighted by atomic mass is 9.93. The van der Waals surface area contributed by atoms with E-state index in [0.717, 1.165) is 0 Å². The topological polar surface area (TPSA) is 206 Å². The summed E-state index contributed by atoms with van der Waals surface area (Å²) in [6.07, 6.45) is -1.01. The number of morpholine rings is 4. The fourth-order valence-corrected chi connectivity index (χ4v) is 8.06. The molecule has 0 aromatic rings. The number of ether oxygens (including phenoxy) is 4. The maximum Gasteiger partial charge on any atom is 0.513 e. The quantitative estimate of drug-likeness (QED) is 0.166. The van der Waals surface area contributed by atoms with Crippen molar-refractivity contribution in [1.29, 1.82) is 0 Å². The van der Waals surface area contributed by atoms with E-state index in [-0.39, 0.29) is 13.1 Å². The number of likely N-dealkylation sites (tertiary alicyclic amines) is 1. The van der Waals surface area contributed by atoms with Gasteiger partial charge in [-0.25, -0.2) is 8.97 Å². The van der Waals surface area contributed by atoms with Crippen molar-refractivity contribution in [2.75, 3.05) is 152 Å². The number of carboxylic acid groups (broad SMARTS) is 3. The number of quaternary nitrogens is 2. The maximum atomic E-state index is 14.1. The number of rotatable bonds is 14. The van der Waals surface area contributed by atoms with Gasteiger partial charge in [-0.2, -0.15) is 39.9 Å². The molecule has 5 rings (SSSR count). The van der Waals surface area contributed by atoms with Crippen LogP contribution in [0, 0.1) is 0 Å². The Hall–Kier alpha value is -3.09. The van der Waals surface area contributed by atoms with Crippen LogP contribution >= 0.6 is 0 Å². The van der Waals surface area contributed by atoms with Crippen LogP contribution in [0.5, 0.6) is 0 Å². The monoisotopic (exact) mass is 773 g/mol. The van der Waals surface area contributed by atoms with Crippen molar-refractivity contribution < 1.29 is 67.2 Å². The standard InChI is InChI=1S/C33H57N9O12/c1-41(32(47)48,25-29(43)39(34-6-14-51-15-7-34)35-8-16-52-17-9-35)23-27-4-3-5-28(38(27)22-31(45)46)24-42(2,33(49)50)26-30(44)40(36-10-18-53-19-11-36)37-12-20-54-21-13-37/h27-28H,3-26H2,1-2H3,(H-2,45,46,47,48,49,50)/p+2. The summed E-state index contributed by atoms with van der Waals surface area (Å²) in [5, 5.41) is 41.8. The molecule has 0 saturated carbocycles. The van der Waals surface area contributed by atoms with E-state index in [4.69, 9.17) is 18.9 Å². The van der Waals surface area contributed by atoms with Gasteiger partial charge in [0.25, 0.3) is 0 Å². The van der Waals surface area contributed by atoms with Crippen LogP contribution in [0.4, 0.5) is 9.59 Å². The molecule has 21 nitrogen and oxygen atoms in total. The Morgan fingerprint density at radius 1 is 0.556 bits per heavy atom. The highest BCUT2D eigenvalue weighted by Gasteiger charge is 2.48. The molecule has 0 aromatic heterocycles. The number of carbonyl (C=O) groups is 5. The minimum atomic E-state index is -1.24. The molecular weight excluding hydrogens is 714 g/mol. The van der Waals surface area contributed by atoms with E-state index in [1.807, 2.05) is 20.0 Å². The molecule has 3 N–H and O–H groups in total. The molecule has 0 spiro atoms. The molecule has 306 valence electrons. The van der Waals surface area contributed by atoms with Crippen LogP contribution in [0.25, 0.3) is 0 Å². The molecular formula is C33H59N9O12+2. The zero-order valence-corrected chi connectivity index (χ0v) is 31.7.